The van der Waals surface area contributed by atoms with Crippen LogP contribution in [0, 0.1) is 19.7 Å². The Balaban J connectivity index is 1.66. The largest absolute Gasteiger partial charge is 0.444 e. The fraction of sp³-hybridized carbons (Fsp3) is 0.367. The summed E-state index contributed by atoms with van der Waals surface area (Å²) in [6, 6.07) is 9.26. The number of rotatable bonds is 5. The molecule has 0 unspecified atom stereocenters. The molecule has 0 spiro atoms. The second-order valence-corrected chi connectivity index (χ2v) is 13.6. The van der Waals surface area contributed by atoms with Gasteiger partial charge in [-0.2, -0.15) is 5.10 Å². The van der Waals surface area contributed by atoms with Gasteiger partial charge in [0, 0.05) is 36.6 Å². The molecule has 0 saturated heterocycles. The highest BCUT2D eigenvalue weighted by Gasteiger charge is 2.37. The van der Waals surface area contributed by atoms with Crippen LogP contribution in [0.25, 0.3) is 17.2 Å². The molecule has 0 aliphatic carbocycles. The first-order valence-corrected chi connectivity index (χ1v) is 15.7. The van der Waals surface area contributed by atoms with E-state index in [-0.39, 0.29) is 5.82 Å². The molecule has 0 radical (unpaired) electrons. The van der Waals surface area contributed by atoms with Gasteiger partial charge in [0.25, 0.3) is 0 Å². The highest BCUT2D eigenvalue weighted by atomic mass is 32.2. The molecule has 5 rings (SSSR count). The van der Waals surface area contributed by atoms with Gasteiger partial charge in [0.05, 0.1) is 29.4 Å². The number of benzene rings is 2. The number of fused-ring (bicyclic) bond motifs is 1. The van der Waals surface area contributed by atoms with Crippen LogP contribution in [-0.4, -0.2) is 56.7 Å². The Morgan fingerprint density at radius 1 is 1.05 bits per heavy atom. The van der Waals surface area contributed by atoms with Gasteiger partial charge in [-0.05, 0) is 89.1 Å². The highest BCUT2D eigenvalue weighted by molar-refractivity contribution is 7.92. The number of nitrogens with one attached hydrogen (secondary N) is 1. The van der Waals surface area contributed by atoms with E-state index in [1.54, 1.807) is 93.0 Å². The van der Waals surface area contributed by atoms with Crippen LogP contribution in [0.5, 0.6) is 0 Å². The lowest BCUT2D eigenvalue weighted by atomic mass is 10.00. The van der Waals surface area contributed by atoms with E-state index in [1.165, 1.54) is 9.13 Å². The summed E-state index contributed by atoms with van der Waals surface area (Å²) in [5.41, 5.74) is 2.63. The molecule has 0 fully saturated rings. The molecule has 0 saturated carbocycles. The lowest BCUT2D eigenvalue weighted by molar-refractivity contribution is 0.0159. The first-order chi connectivity index (χ1) is 20.0. The van der Waals surface area contributed by atoms with Crippen LogP contribution < -0.4 is 10.4 Å². The molecule has 13 heteroatoms. The van der Waals surface area contributed by atoms with Crippen LogP contribution >= 0.6 is 0 Å². The van der Waals surface area contributed by atoms with Crippen molar-refractivity contribution in [2.45, 2.75) is 59.6 Å². The normalized spacial score (nSPS) is 15.3. The van der Waals surface area contributed by atoms with Crippen LogP contribution in [-0.2, 0) is 21.2 Å². The predicted octanol–water partition coefficient (Wildman–Crippen LogP) is 4.80. The van der Waals surface area contributed by atoms with E-state index >= 15 is 0 Å². The molecule has 4 aromatic rings. The third-order valence-electron chi connectivity index (χ3n) is 7.20. The van der Waals surface area contributed by atoms with Gasteiger partial charge in [-0.25, -0.2) is 27.1 Å². The number of halogens is 1. The molecule has 1 N–H and O–H groups in total. The molecular formula is C30H35FN6O5S. The van der Waals surface area contributed by atoms with Crippen molar-refractivity contribution in [3.63, 3.8) is 0 Å². The number of ether oxygens (including phenoxy) is 1. The first kappa shape index (κ1) is 30.1. The van der Waals surface area contributed by atoms with Crippen molar-refractivity contribution in [3.8, 4) is 17.2 Å². The Labute approximate surface area is 249 Å². The summed E-state index contributed by atoms with van der Waals surface area (Å²) in [4.78, 5) is 28.8. The van der Waals surface area contributed by atoms with Crippen LogP contribution in [0.4, 0.5) is 14.9 Å². The van der Waals surface area contributed by atoms with E-state index in [2.05, 4.69) is 4.72 Å². The van der Waals surface area contributed by atoms with Crippen molar-refractivity contribution in [1.82, 2.24) is 23.8 Å². The number of hydrogen-bond acceptors (Lipinski definition) is 6. The zero-order chi connectivity index (χ0) is 31.4. The number of nitrogens with zero attached hydrogens (tertiary/aromatic N) is 5. The van der Waals surface area contributed by atoms with E-state index in [0.29, 0.717) is 52.5 Å². The maximum Gasteiger partial charge on any atom is 0.410 e. The Kier molecular flexibility index (Phi) is 7.49. The Morgan fingerprint density at radius 3 is 2.23 bits per heavy atom. The molecule has 1 amide bonds. The lowest BCUT2D eigenvalue weighted by Gasteiger charge is -2.34. The number of aromatic nitrogens is 4. The van der Waals surface area contributed by atoms with E-state index in [1.807, 2.05) is 6.92 Å². The summed E-state index contributed by atoms with van der Waals surface area (Å²) in [5, 5.41) is 4.88. The van der Waals surface area contributed by atoms with Gasteiger partial charge in [0.2, 0.25) is 10.0 Å². The number of anilines is 1. The number of amides is 1. The highest BCUT2D eigenvalue weighted by Crippen LogP contribution is 2.36. The van der Waals surface area contributed by atoms with Crippen LogP contribution in [0.1, 0.15) is 56.1 Å². The molecule has 1 aliphatic heterocycles. The van der Waals surface area contributed by atoms with Gasteiger partial charge in [0.1, 0.15) is 17.2 Å². The summed E-state index contributed by atoms with van der Waals surface area (Å²) in [7, 11) is -3.46. The van der Waals surface area contributed by atoms with Crippen molar-refractivity contribution in [1.29, 1.82) is 0 Å². The fourth-order valence-corrected chi connectivity index (χ4v) is 5.88. The molecule has 2 aromatic heterocycles. The van der Waals surface area contributed by atoms with E-state index in [9.17, 15) is 22.4 Å². The first-order valence-electron chi connectivity index (χ1n) is 13.8. The molecule has 228 valence electrons. The molecule has 1 aliphatic rings. The Morgan fingerprint density at radius 2 is 1.65 bits per heavy atom. The van der Waals surface area contributed by atoms with Gasteiger partial charge in [0.15, 0.2) is 0 Å². The summed E-state index contributed by atoms with van der Waals surface area (Å²) in [6.07, 6.45) is 4.24. The minimum absolute atomic E-state index is 0.316. The third-order valence-corrected chi connectivity index (χ3v) is 7.80. The smallest absolute Gasteiger partial charge is 0.410 e. The molecule has 11 nitrogen and oxygen atoms in total. The van der Waals surface area contributed by atoms with Gasteiger partial charge >= 0.3 is 11.8 Å². The van der Waals surface area contributed by atoms with Crippen molar-refractivity contribution in [3.05, 3.63) is 87.5 Å². The molecule has 0 bridgehead atoms. The Bertz CT molecular complexity index is 1860. The number of aryl methyl sites for hydroxylation is 2. The summed E-state index contributed by atoms with van der Waals surface area (Å²) in [6.45, 7) is 11.0. The number of hydrogen-bond donors (Lipinski definition) is 1. The quantitative estimate of drug-likeness (QED) is 0.347. The number of sulfonamides is 1. The summed E-state index contributed by atoms with van der Waals surface area (Å²) >= 11 is 0. The van der Waals surface area contributed by atoms with E-state index in [0.717, 1.165) is 11.9 Å². The fourth-order valence-electron chi connectivity index (χ4n) is 5.32. The maximum absolute atomic E-state index is 14.6. The van der Waals surface area contributed by atoms with Crippen LogP contribution in [0.2, 0.25) is 0 Å². The monoisotopic (exact) mass is 610 g/mol. The lowest BCUT2D eigenvalue weighted by Crippen LogP contribution is -2.42. The molecule has 43 heavy (non-hydrogen) atoms. The van der Waals surface area contributed by atoms with Crippen LogP contribution in [0.15, 0.2) is 53.6 Å². The SMILES string of the molecule is Cc1cc(-n2nc3c(c2-n2ccn(-c4ccc(NS(C)(=O)=O)cc4)c2=O)[C@H](C)N(C(=O)OC(C)(C)C)CC3)cc(C)c1F. The second-order valence-electron chi connectivity index (χ2n) is 11.8. The van der Waals surface area contributed by atoms with Crippen molar-refractivity contribution >= 4 is 21.8 Å². The molecule has 3 heterocycles. The van der Waals surface area contributed by atoms with Gasteiger partial charge in [-0.15, -0.1) is 0 Å². The zero-order valence-electron chi connectivity index (χ0n) is 25.2. The number of carbonyl (C=O) groups is 1. The predicted molar refractivity (Wildman–Crippen MR) is 161 cm³/mol. The van der Waals surface area contributed by atoms with E-state index in [4.69, 9.17) is 9.84 Å². The third kappa shape index (κ3) is 5.94. The maximum atomic E-state index is 14.6. The number of imidazole rings is 1. The minimum Gasteiger partial charge on any atom is -0.444 e. The zero-order valence-corrected chi connectivity index (χ0v) is 26.0. The van der Waals surface area contributed by atoms with Crippen molar-refractivity contribution in [2.24, 2.45) is 0 Å². The topological polar surface area (TPSA) is 120 Å². The standard InChI is InChI=1S/C30H35FN6O5S/c1-18-16-23(17-19(2)26(18)31)37-27(25-20(3)34(13-12-24(25)32-37)29(39)42-30(4,5)6)36-15-14-35(28(36)38)22-10-8-21(9-11-22)33-43(7,40)41/h8-11,14-17,20,33H,12-13H2,1-7H3/t20-/m0/s1. The number of carbonyl (C=O) groups excluding carboxylic acids is 1. The molecule has 2 aromatic carbocycles. The van der Waals surface area contributed by atoms with E-state index < -0.39 is 33.4 Å². The second kappa shape index (κ2) is 10.7. The van der Waals surface area contributed by atoms with Gasteiger partial charge in [-0.1, -0.05) is 0 Å². The average Bonchev–Trinajstić information content (AvgIpc) is 3.46. The minimum atomic E-state index is -3.46. The van der Waals surface area contributed by atoms with Crippen LogP contribution in [0.3, 0.4) is 0 Å². The van der Waals surface area contributed by atoms with Gasteiger partial charge in [-0.3, -0.25) is 13.9 Å². The van der Waals surface area contributed by atoms with Gasteiger partial charge < -0.3 is 9.64 Å². The summed E-state index contributed by atoms with van der Waals surface area (Å²) in [5.74, 6) is 0.115. The summed E-state index contributed by atoms with van der Waals surface area (Å²) < 4.78 is 50.4. The Hall–Kier alpha value is -4.39. The molecular weight excluding hydrogens is 575 g/mol. The molecule has 1 atom stereocenters. The van der Waals surface area contributed by atoms with Crippen molar-refractivity contribution < 1.29 is 22.3 Å². The average molecular weight is 611 g/mol. The van der Waals surface area contributed by atoms with Crippen molar-refractivity contribution in [2.75, 3.05) is 17.5 Å².